The standard InChI is InChI=1S/C52H36N8O6/c61-49-29-17-31-23-42-25-33(50(31)62)19-35-27-44-28-36(52(35)64)20-34-26-43(60-56-40-7-15-48(16-8-40)66-47-13-5-39(6-14-47)55-59-42)24-32(51(34)63)18-30(49)22-41(21-29)57-53-37-1-9-45(10-2-37)65-46-11-3-38(4-12-46)54-58-44/h1-16,21-28,61-64H,17-20H2. The minimum Gasteiger partial charge on any atom is -0.507 e. The number of benzene rings is 8. The molecule has 0 atom stereocenters. The summed E-state index contributed by atoms with van der Waals surface area (Å²) < 4.78 is 12.2. The number of ether oxygens (including phenoxy) is 2. The van der Waals surface area contributed by atoms with Crippen LogP contribution < -0.4 is 9.47 Å². The quantitative estimate of drug-likeness (QED) is 0.117. The van der Waals surface area contributed by atoms with Gasteiger partial charge in [-0.25, -0.2) is 0 Å². The van der Waals surface area contributed by atoms with Crippen LogP contribution in [0.25, 0.3) is 0 Å². The number of hydrogen-bond acceptors (Lipinski definition) is 14. The summed E-state index contributed by atoms with van der Waals surface area (Å²) in [4.78, 5) is 0. The molecule has 0 aromatic heterocycles. The molecule has 20 bridgehead atoms. The SMILES string of the molecule is Oc1c2cc3cc1Cc1cc4cc(c1O)Cc1cc(cc(c1O)Cc1cc(cc(c1O)C2)N=Nc1ccc(cc1)Oc1ccc(cc1)N=N4)N=Nc1ccc(cc1)Oc1ccc(cc1)N=N3. The van der Waals surface area contributed by atoms with Crippen molar-refractivity contribution in [1.82, 2.24) is 0 Å². The summed E-state index contributed by atoms with van der Waals surface area (Å²) in [6.07, 6.45) is 0.0968. The van der Waals surface area contributed by atoms with Gasteiger partial charge in [0.2, 0.25) is 0 Å². The molecule has 1 aliphatic carbocycles. The third kappa shape index (κ3) is 8.29. The summed E-state index contributed by atoms with van der Waals surface area (Å²) in [6, 6.07) is 42.2. The van der Waals surface area contributed by atoms with E-state index < -0.39 is 0 Å². The number of rotatable bonds is 0. The lowest BCUT2D eigenvalue weighted by molar-refractivity contribution is 0.450. The first-order valence-electron chi connectivity index (χ1n) is 21.0. The molecule has 4 N–H and O–H groups in total. The van der Waals surface area contributed by atoms with Crippen molar-refractivity contribution >= 4 is 45.5 Å². The molecule has 66 heavy (non-hydrogen) atoms. The number of hydrogen-bond donors (Lipinski definition) is 4. The minimum absolute atomic E-state index is 0.0242. The fourth-order valence-corrected chi connectivity index (χ4v) is 8.15. The van der Waals surface area contributed by atoms with Crippen molar-refractivity contribution in [3.05, 3.63) is 190 Å². The molecule has 0 amide bonds. The Balaban J connectivity index is 1.19. The Bertz CT molecular complexity index is 2790. The van der Waals surface area contributed by atoms with Gasteiger partial charge in [0, 0.05) is 70.2 Å². The number of phenolic OH excluding ortho intramolecular Hbond substituents is 4. The van der Waals surface area contributed by atoms with E-state index in [1.807, 2.05) is 0 Å². The highest BCUT2D eigenvalue weighted by atomic mass is 16.5. The Hall–Kier alpha value is -9.04. The first kappa shape index (κ1) is 39.8. The van der Waals surface area contributed by atoms with Crippen LogP contribution in [0.5, 0.6) is 46.0 Å². The van der Waals surface area contributed by atoms with Crippen molar-refractivity contribution < 1.29 is 29.9 Å². The fraction of sp³-hybridized carbons (Fsp3) is 0.0769. The second-order valence-electron chi connectivity index (χ2n) is 16.1. The van der Waals surface area contributed by atoms with Crippen LogP contribution in [0.2, 0.25) is 0 Å². The van der Waals surface area contributed by atoms with E-state index in [-0.39, 0.29) is 48.7 Å². The lowest BCUT2D eigenvalue weighted by Crippen LogP contribution is -2.01. The van der Waals surface area contributed by atoms with Gasteiger partial charge in [-0.2, -0.15) is 40.9 Å². The maximum atomic E-state index is 12.1. The average Bonchev–Trinajstić information content (AvgIpc) is 3.32. The zero-order valence-corrected chi connectivity index (χ0v) is 34.9. The van der Waals surface area contributed by atoms with Gasteiger partial charge in [-0.05, 0) is 146 Å². The molecule has 14 heteroatoms. The lowest BCUT2D eigenvalue weighted by Gasteiger charge is -2.18. The normalized spacial score (nSPS) is 13.5. The second-order valence-corrected chi connectivity index (χ2v) is 16.1. The highest BCUT2D eigenvalue weighted by Gasteiger charge is 2.22. The Kier molecular flexibility index (Phi) is 10.00. The third-order valence-electron chi connectivity index (χ3n) is 11.5. The van der Waals surface area contributed by atoms with E-state index in [9.17, 15) is 20.4 Å². The van der Waals surface area contributed by atoms with Gasteiger partial charge in [0.1, 0.15) is 46.0 Å². The molecule has 0 saturated heterocycles. The molecule has 0 radical (unpaired) electrons. The van der Waals surface area contributed by atoms with Crippen molar-refractivity contribution in [3.8, 4) is 46.0 Å². The van der Waals surface area contributed by atoms with E-state index in [0.29, 0.717) is 113 Å². The summed E-state index contributed by atoms with van der Waals surface area (Å²) in [7, 11) is 0. The van der Waals surface area contributed by atoms with Gasteiger partial charge in [-0.3, -0.25) is 0 Å². The monoisotopic (exact) mass is 868 g/mol. The number of phenols is 4. The minimum atomic E-state index is -0.0626. The lowest BCUT2D eigenvalue weighted by atomic mass is 9.90. The number of aromatic hydroxyl groups is 4. The Morgan fingerprint density at radius 2 is 0.409 bits per heavy atom. The first-order valence-corrected chi connectivity index (χ1v) is 21.0. The zero-order valence-electron chi connectivity index (χ0n) is 34.9. The van der Waals surface area contributed by atoms with Gasteiger partial charge in [0.25, 0.3) is 0 Å². The maximum absolute atomic E-state index is 12.1. The van der Waals surface area contributed by atoms with Crippen molar-refractivity contribution in [2.24, 2.45) is 40.9 Å². The molecule has 12 aliphatic heterocycles. The van der Waals surface area contributed by atoms with Gasteiger partial charge < -0.3 is 29.9 Å². The van der Waals surface area contributed by atoms with Crippen molar-refractivity contribution in [2.45, 2.75) is 25.7 Å². The molecular formula is C52H36N8O6. The third-order valence-corrected chi connectivity index (χ3v) is 11.5. The fourth-order valence-electron chi connectivity index (χ4n) is 8.15. The van der Waals surface area contributed by atoms with Gasteiger partial charge in [-0.15, -0.1) is 0 Å². The van der Waals surface area contributed by atoms with Crippen LogP contribution in [0, 0.1) is 0 Å². The smallest absolute Gasteiger partial charge is 0.127 e. The summed E-state index contributed by atoms with van der Waals surface area (Å²) >= 11 is 0. The number of azo groups is 4. The number of nitrogens with zero attached hydrogens (tertiary/aromatic N) is 8. The maximum Gasteiger partial charge on any atom is 0.127 e. The molecule has 0 spiro atoms. The summed E-state index contributed by atoms with van der Waals surface area (Å²) in [5.74, 6) is 2.11. The highest BCUT2D eigenvalue weighted by Crippen LogP contribution is 2.43. The van der Waals surface area contributed by atoms with Crippen molar-refractivity contribution in [2.75, 3.05) is 0 Å². The van der Waals surface area contributed by atoms with E-state index in [1.165, 1.54) is 0 Å². The molecule has 12 heterocycles. The van der Waals surface area contributed by atoms with E-state index in [2.05, 4.69) is 40.9 Å². The van der Waals surface area contributed by atoms with Crippen LogP contribution in [0.4, 0.5) is 45.5 Å². The summed E-state index contributed by atoms with van der Waals surface area (Å²) in [5, 5.41) is 85.2. The second kappa shape index (κ2) is 16.6. The molecule has 8 aromatic rings. The summed E-state index contributed by atoms with van der Waals surface area (Å²) in [6.45, 7) is 0. The topological polar surface area (TPSA) is 198 Å². The van der Waals surface area contributed by atoms with Crippen LogP contribution in [-0.4, -0.2) is 20.4 Å². The zero-order chi connectivity index (χ0) is 44.7. The molecule has 13 aliphatic rings. The predicted molar refractivity (Wildman–Crippen MR) is 246 cm³/mol. The Labute approximate surface area is 376 Å². The van der Waals surface area contributed by atoms with Crippen LogP contribution in [0.15, 0.2) is 187 Å². The molecular weight excluding hydrogens is 833 g/mol. The van der Waals surface area contributed by atoms with Gasteiger partial charge in [-0.1, -0.05) is 0 Å². The van der Waals surface area contributed by atoms with E-state index in [0.717, 1.165) is 0 Å². The molecule has 21 rings (SSSR count). The molecule has 14 nitrogen and oxygen atoms in total. The van der Waals surface area contributed by atoms with Crippen LogP contribution in [0.3, 0.4) is 0 Å². The van der Waals surface area contributed by atoms with Gasteiger partial charge in [0.05, 0.1) is 45.5 Å². The Morgan fingerprint density at radius 1 is 0.242 bits per heavy atom. The summed E-state index contributed by atoms with van der Waals surface area (Å²) in [5.41, 5.74) is 7.24. The Morgan fingerprint density at radius 3 is 0.591 bits per heavy atom. The van der Waals surface area contributed by atoms with Crippen LogP contribution in [0.1, 0.15) is 44.5 Å². The van der Waals surface area contributed by atoms with Crippen LogP contribution >= 0.6 is 0 Å². The average molecular weight is 869 g/mol. The van der Waals surface area contributed by atoms with E-state index in [1.54, 1.807) is 146 Å². The van der Waals surface area contributed by atoms with E-state index >= 15 is 0 Å². The highest BCUT2D eigenvalue weighted by molar-refractivity contribution is 5.64. The van der Waals surface area contributed by atoms with E-state index in [4.69, 9.17) is 9.47 Å². The largest absolute Gasteiger partial charge is 0.507 e. The molecule has 8 aromatic carbocycles. The molecule has 320 valence electrons. The van der Waals surface area contributed by atoms with Crippen LogP contribution in [-0.2, 0) is 25.7 Å². The molecule has 0 fully saturated rings. The molecule has 0 unspecified atom stereocenters. The predicted octanol–water partition coefficient (Wildman–Crippen LogP) is 15.1. The van der Waals surface area contributed by atoms with Crippen molar-refractivity contribution in [1.29, 1.82) is 0 Å². The van der Waals surface area contributed by atoms with Crippen molar-refractivity contribution in [3.63, 3.8) is 0 Å². The van der Waals surface area contributed by atoms with Gasteiger partial charge >= 0.3 is 0 Å². The first-order chi connectivity index (χ1) is 32.2. The molecule has 0 saturated carbocycles. The van der Waals surface area contributed by atoms with Gasteiger partial charge in [0.15, 0.2) is 0 Å².